The molecule has 0 spiro atoms. The summed E-state index contributed by atoms with van der Waals surface area (Å²) >= 11 is 0. The summed E-state index contributed by atoms with van der Waals surface area (Å²) in [4.78, 5) is 21.8. The van der Waals surface area contributed by atoms with Gasteiger partial charge in [-0.15, -0.1) is 0 Å². The number of hydrogen-bond acceptors (Lipinski definition) is 12. The van der Waals surface area contributed by atoms with Crippen LogP contribution in [-0.4, -0.2) is 60.9 Å². The summed E-state index contributed by atoms with van der Waals surface area (Å²) in [5.74, 6) is 2.18. The summed E-state index contributed by atoms with van der Waals surface area (Å²) in [6.07, 6.45) is 5.88. The van der Waals surface area contributed by atoms with Gasteiger partial charge >= 0.3 is 0 Å². The van der Waals surface area contributed by atoms with Crippen LogP contribution in [0.4, 0.5) is 11.4 Å². The first-order valence-electron chi connectivity index (χ1n) is 15.1. The van der Waals surface area contributed by atoms with Crippen LogP contribution in [0.2, 0.25) is 0 Å². The molecule has 0 aliphatic heterocycles. The van der Waals surface area contributed by atoms with Crippen molar-refractivity contribution < 1.29 is 46.7 Å². The van der Waals surface area contributed by atoms with Gasteiger partial charge in [-0.3, -0.25) is 20.2 Å². The molecule has 51 heavy (non-hydrogen) atoms. The number of nitrogens with zero attached hydrogens (tertiary/aromatic N) is 2. The van der Waals surface area contributed by atoms with Crippen LogP contribution < -0.4 is 28.4 Å². The fourth-order valence-electron chi connectivity index (χ4n) is 5.31. The molecule has 0 saturated carbocycles. The highest BCUT2D eigenvalue weighted by Gasteiger charge is 2.34. The second-order valence-corrected chi connectivity index (χ2v) is 12.9. The van der Waals surface area contributed by atoms with E-state index in [0.717, 1.165) is 0 Å². The highest BCUT2D eigenvalue weighted by Crippen LogP contribution is 2.42. The van der Waals surface area contributed by atoms with Gasteiger partial charge in [-0.25, -0.2) is 8.42 Å². The van der Waals surface area contributed by atoms with E-state index in [-0.39, 0.29) is 22.5 Å². The number of non-ortho nitro benzene ring substituents is 2. The van der Waals surface area contributed by atoms with Crippen LogP contribution in [0, 0.1) is 20.2 Å². The summed E-state index contributed by atoms with van der Waals surface area (Å²) in [7, 11) is 4.30. The Bertz CT molecular complexity index is 1850. The number of sulfone groups is 1. The van der Waals surface area contributed by atoms with E-state index in [0.29, 0.717) is 45.6 Å². The van der Waals surface area contributed by atoms with E-state index in [1.807, 2.05) is 0 Å². The van der Waals surface area contributed by atoms with Crippen molar-refractivity contribution in [3.8, 4) is 34.5 Å². The van der Waals surface area contributed by atoms with Crippen molar-refractivity contribution in [3.63, 3.8) is 0 Å². The zero-order valence-corrected chi connectivity index (χ0v) is 29.4. The molecule has 14 nitrogen and oxygen atoms in total. The molecule has 2 unspecified atom stereocenters. The van der Waals surface area contributed by atoms with Crippen molar-refractivity contribution in [2.45, 2.75) is 10.5 Å². The fraction of sp³-hybridized carbons (Fsp3) is 0.222. The van der Waals surface area contributed by atoms with Crippen LogP contribution in [0.1, 0.15) is 32.8 Å². The summed E-state index contributed by atoms with van der Waals surface area (Å²) in [6.45, 7) is 0. The smallest absolute Gasteiger partial charge is 0.269 e. The van der Waals surface area contributed by atoms with Crippen LogP contribution in [0.3, 0.4) is 0 Å². The maximum absolute atomic E-state index is 15.0. The number of nitro benzene ring substituents is 2. The molecule has 0 amide bonds. The molecule has 268 valence electrons. The van der Waals surface area contributed by atoms with E-state index in [1.165, 1.54) is 115 Å². The highest BCUT2D eigenvalue weighted by atomic mass is 32.2. The fourth-order valence-corrected chi connectivity index (χ4v) is 7.30. The molecule has 4 aromatic rings. The van der Waals surface area contributed by atoms with Gasteiger partial charge in [0.1, 0.15) is 45.0 Å². The molecule has 15 heteroatoms. The molecule has 0 aromatic heterocycles. The minimum Gasteiger partial charge on any atom is -0.496 e. The summed E-state index contributed by atoms with van der Waals surface area (Å²) in [5, 5.41) is 20.1. The lowest BCUT2D eigenvalue weighted by Crippen LogP contribution is -2.19. The zero-order valence-electron chi connectivity index (χ0n) is 28.6. The van der Waals surface area contributed by atoms with Gasteiger partial charge in [0, 0.05) is 48.5 Å². The molecule has 0 N–H and O–H groups in total. The van der Waals surface area contributed by atoms with Gasteiger partial charge in [0.2, 0.25) is 0 Å². The average molecular weight is 721 g/mol. The molecule has 0 bridgehead atoms. The number of ether oxygens (including phenoxy) is 6. The monoisotopic (exact) mass is 720 g/mol. The van der Waals surface area contributed by atoms with Gasteiger partial charge in [0.15, 0.2) is 9.84 Å². The minimum absolute atomic E-state index is 0.211. The van der Waals surface area contributed by atoms with Crippen molar-refractivity contribution in [2.24, 2.45) is 0 Å². The lowest BCUT2D eigenvalue weighted by atomic mass is 10.1. The van der Waals surface area contributed by atoms with Crippen LogP contribution in [0.15, 0.2) is 84.9 Å². The third kappa shape index (κ3) is 8.38. The Kier molecular flexibility index (Phi) is 12.2. The standard InChI is InChI=1S/C36H36N2O12S/c1-45-27-19-31(47-3)29(32(20-27)48-4)15-17-35(23-7-11-25(12-8-23)37(39)40)51(43,44)36(24-9-13-26(14-10-24)38(41)42)18-16-30-33(49-5)21-28(46-2)22-34(30)50-6/h7-22,35-36H,1-6H3. The number of nitro groups is 2. The first-order chi connectivity index (χ1) is 24.4. The normalized spacial score (nSPS) is 12.7. The summed E-state index contributed by atoms with van der Waals surface area (Å²) in [5.41, 5.74) is 0.758. The Morgan fingerprint density at radius 1 is 0.529 bits per heavy atom. The van der Waals surface area contributed by atoms with Crippen LogP contribution in [0.5, 0.6) is 34.5 Å². The molecule has 0 aliphatic carbocycles. The maximum Gasteiger partial charge on any atom is 0.269 e. The minimum atomic E-state index is -4.41. The number of methoxy groups -OCH3 is 6. The van der Waals surface area contributed by atoms with E-state index in [9.17, 15) is 28.6 Å². The zero-order chi connectivity index (χ0) is 37.3. The molecule has 0 radical (unpaired) electrons. The number of benzene rings is 4. The van der Waals surface area contributed by atoms with Crippen molar-refractivity contribution in [1.29, 1.82) is 0 Å². The summed E-state index contributed by atoms with van der Waals surface area (Å²) < 4.78 is 62.9. The second-order valence-electron chi connectivity index (χ2n) is 10.7. The lowest BCUT2D eigenvalue weighted by molar-refractivity contribution is -0.385. The number of hydrogen-bond donors (Lipinski definition) is 0. The molecule has 0 aliphatic rings. The van der Waals surface area contributed by atoms with Crippen molar-refractivity contribution >= 4 is 33.4 Å². The molecular weight excluding hydrogens is 684 g/mol. The second kappa shape index (κ2) is 16.5. The Morgan fingerprint density at radius 2 is 0.824 bits per heavy atom. The van der Waals surface area contributed by atoms with Gasteiger partial charge in [0.25, 0.3) is 11.4 Å². The predicted molar refractivity (Wildman–Crippen MR) is 191 cm³/mol. The highest BCUT2D eigenvalue weighted by molar-refractivity contribution is 7.92. The topological polar surface area (TPSA) is 176 Å². The van der Waals surface area contributed by atoms with Crippen LogP contribution in [0.25, 0.3) is 12.2 Å². The van der Waals surface area contributed by atoms with Crippen LogP contribution >= 0.6 is 0 Å². The van der Waals surface area contributed by atoms with Gasteiger partial charge in [-0.2, -0.15) is 0 Å². The number of rotatable bonds is 16. The molecular formula is C36H36N2O12S. The van der Waals surface area contributed by atoms with Gasteiger partial charge < -0.3 is 28.4 Å². The third-order valence-corrected chi connectivity index (χ3v) is 10.2. The molecule has 0 heterocycles. The quantitative estimate of drug-likeness (QED) is 0.0843. The third-order valence-electron chi connectivity index (χ3n) is 7.95. The SMILES string of the molecule is COc1cc(OC)c(C=CC(c2ccc([N+](=O)[O-])cc2)S(=O)(=O)C(C=Cc2c(OC)cc(OC)cc2OC)c2ccc([N+](=O)[O-])cc2)c(OC)c1. The molecule has 4 rings (SSSR count). The van der Waals surface area contributed by atoms with E-state index in [2.05, 4.69) is 0 Å². The Balaban J connectivity index is 1.98. The molecule has 4 aromatic carbocycles. The van der Waals surface area contributed by atoms with E-state index >= 15 is 0 Å². The molecule has 2 atom stereocenters. The lowest BCUT2D eigenvalue weighted by Gasteiger charge is -2.22. The van der Waals surface area contributed by atoms with Crippen molar-refractivity contribution in [3.05, 3.63) is 127 Å². The van der Waals surface area contributed by atoms with Gasteiger partial charge in [-0.1, -0.05) is 36.4 Å². The van der Waals surface area contributed by atoms with E-state index < -0.39 is 30.2 Å². The first kappa shape index (κ1) is 37.7. The Morgan fingerprint density at radius 3 is 1.06 bits per heavy atom. The Hall–Kier alpha value is -6.09. The molecule has 0 fully saturated rings. The van der Waals surface area contributed by atoms with Crippen LogP contribution in [-0.2, 0) is 9.84 Å². The van der Waals surface area contributed by atoms with Crippen molar-refractivity contribution in [1.82, 2.24) is 0 Å². The van der Waals surface area contributed by atoms with Crippen molar-refractivity contribution in [2.75, 3.05) is 42.7 Å². The first-order valence-corrected chi connectivity index (χ1v) is 16.7. The predicted octanol–water partition coefficient (Wildman–Crippen LogP) is 7.18. The largest absolute Gasteiger partial charge is 0.496 e. The Labute approximate surface area is 294 Å². The van der Waals surface area contributed by atoms with Gasteiger partial charge in [0.05, 0.1) is 63.6 Å². The molecule has 0 saturated heterocycles. The maximum atomic E-state index is 15.0. The average Bonchev–Trinajstić information content (AvgIpc) is 3.14. The summed E-state index contributed by atoms with van der Waals surface area (Å²) in [6, 6.07) is 16.7. The van der Waals surface area contributed by atoms with E-state index in [1.54, 1.807) is 24.3 Å². The van der Waals surface area contributed by atoms with E-state index in [4.69, 9.17) is 28.4 Å². The van der Waals surface area contributed by atoms with Gasteiger partial charge in [-0.05, 0) is 23.3 Å².